The molecule has 0 bridgehead atoms. The molecule has 2 N–H and O–H groups in total. The van der Waals surface area contributed by atoms with Crippen LogP contribution in [0, 0.1) is 17.6 Å². The molecular formula is C32H36F2N6O3. The summed E-state index contributed by atoms with van der Waals surface area (Å²) >= 11 is 0. The van der Waals surface area contributed by atoms with Gasteiger partial charge in [0.05, 0.1) is 36.2 Å². The summed E-state index contributed by atoms with van der Waals surface area (Å²) in [7, 11) is 1.82. The lowest BCUT2D eigenvalue weighted by molar-refractivity contribution is -0.131. The highest BCUT2D eigenvalue weighted by Crippen LogP contribution is 2.39. The van der Waals surface area contributed by atoms with Crippen LogP contribution in [0.2, 0.25) is 0 Å². The van der Waals surface area contributed by atoms with E-state index in [0.29, 0.717) is 37.4 Å². The number of benzene rings is 1. The van der Waals surface area contributed by atoms with Crippen LogP contribution in [-0.2, 0) is 16.0 Å². The average Bonchev–Trinajstić information content (AvgIpc) is 3.62. The van der Waals surface area contributed by atoms with E-state index in [2.05, 4.69) is 22.0 Å². The lowest BCUT2D eigenvalue weighted by Crippen LogP contribution is -2.54. The van der Waals surface area contributed by atoms with Crippen LogP contribution in [-0.4, -0.2) is 68.8 Å². The molecule has 43 heavy (non-hydrogen) atoms. The van der Waals surface area contributed by atoms with Gasteiger partial charge in [0.1, 0.15) is 29.3 Å². The number of aromatic nitrogens is 4. The van der Waals surface area contributed by atoms with Crippen LogP contribution < -0.4 is 10.5 Å². The van der Waals surface area contributed by atoms with Crippen molar-refractivity contribution >= 4 is 11.4 Å². The first kappa shape index (κ1) is 29.1. The average molecular weight is 591 g/mol. The smallest absolute Gasteiger partial charge is 0.219 e. The Morgan fingerprint density at radius 2 is 1.98 bits per heavy atom. The van der Waals surface area contributed by atoms with Crippen molar-refractivity contribution in [2.45, 2.75) is 63.6 Å². The van der Waals surface area contributed by atoms with E-state index in [0.717, 1.165) is 24.0 Å². The number of nitrogens with two attached hydrogens (primary N) is 1. The molecular weight excluding hydrogens is 554 g/mol. The molecule has 3 aromatic heterocycles. The summed E-state index contributed by atoms with van der Waals surface area (Å²) in [5.41, 5.74) is 9.38. The number of carbonyl (C=O) groups is 1. The van der Waals surface area contributed by atoms with Crippen LogP contribution in [0.25, 0.3) is 16.8 Å². The Balaban J connectivity index is 1.27. The van der Waals surface area contributed by atoms with Gasteiger partial charge in [-0.05, 0) is 54.0 Å². The van der Waals surface area contributed by atoms with Gasteiger partial charge in [-0.3, -0.25) is 9.78 Å². The van der Waals surface area contributed by atoms with Crippen molar-refractivity contribution in [1.29, 1.82) is 0 Å². The monoisotopic (exact) mass is 590 g/mol. The van der Waals surface area contributed by atoms with E-state index in [4.69, 9.17) is 15.2 Å². The lowest BCUT2D eigenvalue weighted by Gasteiger charge is -2.43. The second-order valence-corrected chi connectivity index (χ2v) is 11.8. The molecule has 1 saturated carbocycles. The number of pyridine rings is 1. The van der Waals surface area contributed by atoms with Gasteiger partial charge in [0, 0.05) is 63.4 Å². The molecule has 1 aliphatic heterocycles. The van der Waals surface area contributed by atoms with Crippen molar-refractivity contribution in [3.8, 4) is 17.0 Å². The fourth-order valence-corrected chi connectivity index (χ4v) is 6.71. The zero-order valence-corrected chi connectivity index (χ0v) is 24.5. The molecule has 1 aliphatic carbocycles. The molecule has 9 nitrogen and oxygen atoms in total. The fraction of sp³-hybridized carbons (Fsp3) is 0.438. The summed E-state index contributed by atoms with van der Waals surface area (Å²) in [4.78, 5) is 22.8. The van der Waals surface area contributed by atoms with Crippen LogP contribution in [0.3, 0.4) is 0 Å². The standard InChI is InChI=1S/C32H36F2N6O3/c1-18-10-20(11-28(35)32(18)39(3)19(2)41)25-6-8-36-15-21(25)12-30-37-16-22-4-5-29(38-40(22)30)31-26(33)13-24(14-27(31)34)43-23-7-9-42-17-23/h4-6,8,13-16,18,20,23,28,32H,7,9-12,17,35H2,1-3H3/t18-,20+,23?,28+,32-/m0/s1. The Labute approximate surface area is 249 Å². The summed E-state index contributed by atoms with van der Waals surface area (Å²) in [6, 6.07) is 7.55. The first-order valence-corrected chi connectivity index (χ1v) is 14.7. The number of fused-ring (bicyclic) bond motifs is 1. The minimum Gasteiger partial charge on any atom is -0.488 e. The highest BCUT2D eigenvalue weighted by molar-refractivity contribution is 5.73. The Morgan fingerprint density at radius 1 is 1.19 bits per heavy atom. The zero-order valence-electron chi connectivity index (χ0n) is 24.5. The van der Waals surface area contributed by atoms with E-state index in [-0.39, 0.29) is 52.9 Å². The number of carbonyl (C=O) groups excluding carboxylic acids is 1. The van der Waals surface area contributed by atoms with E-state index >= 15 is 8.78 Å². The van der Waals surface area contributed by atoms with Gasteiger partial charge in [-0.25, -0.2) is 18.3 Å². The molecule has 0 spiro atoms. The highest BCUT2D eigenvalue weighted by Gasteiger charge is 2.38. The molecule has 1 saturated heterocycles. The van der Waals surface area contributed by atoms with Gasteiger partial charge in [-0.15, -0.1) is 0 Å². The third-order valence-electron chi connectivity index (χ3n) is 8.83. The van der Waals surface area contributed by atoms with Crippen LogP contribution in [0.4, 0.5) is 8.78 Å². The van der Waals surface area contributed by atoms with E-state index in [1.165, 1.54) is 12.1 Å². The predicted molar refractivity (Wildman–Crippen MR) is 157 cm³/mol. The van der Waals surface area contributed by atoms with Crippen LogP contribution >= 0.6 is 0 Å². The van der Waals surface area contributed by atoms with Crippen molar-refractivity contribution < 1.29 is 23.0 Å². The largest absolute Gasteiger partial charge is 0.488 e. The fourth-order valence-electron chi connectivity index (χ4n) is 6.71. The molecule has 2 fully saturated rings. The first-order valence-electron chi connectivity index (χ1n) is 14.7. The molecule has 4 aromatic rings. The summed E-state index contributed by atoms with van der Waals surface area (Å²) in [6.45, 7) is 4.68. The molecule has 1 amide bonds. The third-order valence-corrected chi connectivity index (χ3v) is 8.83. The SMILES string of the molecule is CC(=O)N(C)[C@@H]1[C@H](N)C[C@H](c2ccncc2Cc2ncc3ccc(-c4c(F)cc(OC5CCOC5)cc4F)nn23)C[C@@H]1C. The van der Waals surface area contributed by atoms with E-state index < -0.39 is 11.6 Å². The van der Waals surface area contributed by atoms with Crippen molar-refractivity contribution in [2.75, 3.05) is 20.3 Å². The molecule has 2 aliphatic rings. The van der Waals surface area contributed by atoms with Gasteiger partial charge in [0.25, 0.3) is 0 Å². The molecule has 0 radical (unpaired) electrons. The summed E-state index contributed by atoms with van der Waals surface area (Å²) < 4.78 is 43.1. The summed E-state index contributed by atoms with van der Waals surface area (Å²) in [5.74, 6) is -0.352. The number of imidazole rings is 1. The van der Waals surface area contributed by atoms with Gasteiger partial charge in [0.15, 0.2) is 0 Å². The predicted octanol–water partition coefficient (Wildman–Crippen LogP) is 4.52. The number of hydrogen-bond donors (Lipinski definition) is 1. The zero-order chi connectivity index (χ0) is 30.2. The maximum atomic E-state index is 15.2. The highest BCUT2D eigenvalue weighted by atomic mass is 19.1. The summed E-state index contributed by atoms with van der Waals surface area (Å²) in [5, 5.41) is 4.60. The Hall–Kier alpha value is -3.96. The molecule has 226 valence electrons. The quantitative estimate of drug-likeness (QED) is 0.337. The minimum atomic E-state index is -0.756. The van der Waals surface area contributed by atoms with Gasteiger partial charge in [-0.1, -0.05) is 6.92 Å². The van der Waals surface area contributed by atoms with E-state index in [9.17, 15) is 4.79 Å². The summed E-state index contributed by atoms with van der Waals surface area (Å²) in [6.07, 6.45) is 7.79. The second-order valence-electron chi connectivity index (χ2n) is 11.8. The molecule has 1 aromatic carbocycles. The van der Waals surface area contributed by atoms with Gasteiger partial charge in [0.2, 0.25) is 5.91 Å². The van der Waals surface area contributed by atoms with Crippen molar-refractivity contribution in [2.24, 2.45) is 11.7 Å². The number of ether oxygens (including phenoxy) is 2. The number of hydrogen-bond acceptors (Lipinski definition) is 7. The maximum absolute atomic E-state index is 15.2. The Morgan fingerprint density at radius 3 is 2.67 bits per heavy atom. The van der Waals surface area contributed by atoms with Crippen LogP contribution in [0.15, 0.2) is 48.9 Å². The number of halogens is 2. The Kier molecular flexibility index (Phi) is 8.11. The van der Waals surface area contributed by atoms with Crippen molar-refractivity contribution in [1.82, 2.24) is 24.5 Å². The molecule has 5 atom stereocenters. The third kappa shape index (κ3) is 5.83. The topological polar surface area (TPSA) is 108 Å². The first-order chi connectivity index (χ1) is 20.7. The minimum absolute atomic E-state index is 0.0108. The molecule has 1 unspecified atom stereocenters. The van der Waals surface area contributed by atoms with Crippen LogP contribution in [0.5, 0.6) is 5.75 Å². The van der Waals surface area contributed by atoms with E-state index in [1.54, 1.807) is 40.9 Å². The van der Waals surface area contributed by atoms with Gasteiger partial charge in [-0.2, -0.15) is 5.10 Å². The molecule has 11 heteroatoms. The number of likely N-dealkylation sites (N-methyl/N-ethyl adjacent to an activating group) is 1. The molecule has 6 rings (SSSR count). The molecule has 4 heterocycles. The Bertz CT molecular complexity index is 1600. The number of amides is 1. The number of rotatable bonds is 7. The van der Waals surface area contributed by atoms with Gasteiger partial charge < -0.3 is 20.1 Å². The normalized spacial score (nSPS) is 23.9. The van der Waals surface area contributed by atoms with Gasteiger partial charge >= 0.3 is 0 Å². The second kappa shape index (κ2) is 12.0. The van der Waals surface area contributed by atoms with E-state index in [1.807, 2.05) is 19.3 Å². The van der Waals surface area contributed by atoms with Crippen molar-refractivity contribution in [3.05, 3.63) is 77.5 Å². The number of nitrogens with zero attached hydrogens (tertiary/aromatic N) is 5. The maximum Gasteiger partial charge on any atom is 0.219 e. The van der Waals surface area contributed by atoms with Crippen molar-refractivity contribution in [3.63, 3.8) is 0 Å². The van der Waals surface area contributed by atoms with Crippen LogP contribution in [0.1, 0.15) is 56.0 Å². The lowest BCUT2D eigenvalue weighted by atomic mass is 9.72.